The molecule has 1 amide bonds. The first-order chi connectivity index (χ1) is 14.3. The number of amides is 1. The maximum absolute atomic E-state index is 12.5. The van der Waals surface area contributed by atoms with E-state index in [0.29, 0.717) is 15.8 Å². The zero-order chi connectivity index (χ0) is 19.6. The van der Waals surface area contributed by atoms with Gasteiger partial charge in [0, 0.05) is 0 Å². The van der Waals surface area contributed by atoms with E-state index in [1.54, 1.807) is 18.4 Å². The van der Waals surface area contributed by atoms with Crippen LogP contribution in [0.5, 0.6) is 0 Å². The second-order valence-electron chi connectivity index (χ2n) is 6.46. The third-order valence-corrected chi connectivity index (χ3v) is 5.52. The van der Waals surface area contributed by atoms with Gasteiger partial charge >= 0.3 is 0 Å². The number of amidine groups is 1. The minimum absolute atomic E-state index is 0.182. The van der Waals surface area contributed by atoms with Crippen molar-refractivity contribution < 1.29 is 9.21 Å². The molecule has 0 bridgehead atoms. The molecule has 29 heavy (non-hydrogen) atoms. The maximum atomic E-state index is 12.5. The molecule has 0 atom stereocenters. The molecule has 140 valence electrons. The summed E-state index contributed by atoms with van der Waals surface area (Å²) < 4.78 is 5.18. The number of hydrogen-bond donors (Lipinski definition) is 1. The smallest absolute Gasteiger partial charge is 0.264 e. The summed E-state index contributed by atoms with van der Waals surface area (Å²) in [5, 5.41) is 15.7. The molecule has 1 saturated heterocycles. The lowest BCUT2D eigenvalue weighted by atomic mass is 9.96. The minimum atomic E-state index is -0.182. The van der Waals surface area contributed by atoms with E-state index in [1.165, 1.54) is 18.0 Å². The number of nitrogens with zero attached hydrogens (tertiary/aromatic N) is 2. The van der Waals surface area contributed by atoms with Crippen LogP contribution in [0.3, 0.4) is 0 Å². The summed E-state index contributed by atoms with van der Waals surface area (Å²) in [5.74, 6) is 0.417. The largest absolute Gasteiger partial charge is 0.463 e. The monoisotopic (exact) mass is 397 g/mol. The van der Waals surface area contributed by atoms with Crippen molar-refractivity contribution in [3.63, 3.8) is 0 Å². The Labute approximate surface area is 170 Å². The molecule has 3 aromatic carbocycles. The van der Waals surface area contributed by atoms with Gasteiger partial charge in [-0.3, -0.25) is 10.1 Å². The van der Waals surface area contributed by atoms with Gasteiger partial charge in [0.05, 0.1) is 17.4 Å². The molecule has 1 aliphatic rings. The van der Waals surface area contributed by atoms with Crippen LogP contribution in [0.15, 0.2) is 92.5 Å². The highest BCUT2D eigenvalue weighted by molar-refractivity contribution is 8.18. The highest BCUT2D eigenvalue weighted by Crippen LogP contribution is 2.33. The zero-order valence-electron chi connectivity index (χ0n) is 15.2. The Morgan fingerprint density at radius 1 is 0.931 bits per heavy atom. The lowest BCUT2D eigenvalue weighted by Gasteiger charge is -2.08. The van der Waals surface area contributed by atoms with Crippen LogP contribution < -0.4 is 5.32 Å². The SMILES string of the molecule is O=C1N/C(=N\N=C\c2ccco2)S/C1=C\c1c2ccccc2cc2ccccc12. The van der Waals surface area contributed by atoms with Crippen LogP contribution in [-0.4, -0.2) is 17.3 Å². The van der Waals surface area contributed by atoms with Gasteiger partial charge in [0.2, 0.25) is 0 Å². The summed E-state index contributed by atoms with van der Waals surface area (Å²) in [6.07, 6.45) is 5.00. The fourth-order valence-electron chi connectivity index (χ4n) is 3.31. The molecule has 5 nitrogen and oxygen atoms in total. The molecular weight excluding hydrogens is 382 g/mol. The van der Waals surface area contributed by atoms with Crippen molar-refractivity contribution >= 4 is 56.7 Å². The Hall–Kier alpha value is -3.64. The standard InChI is InChI=1S/C23H15N3O2S/c27-22-21(29-23(25-22)26-24-14-17-8-5-11-28-17)13-20-18-9-3-1-6-15(18)12-16-7-2-4-10-19(16)20/h1-14H,(H,25,26,27)/b21-13-,24-14+. The number of thioether (sulfide) groups is 1. The first kappa shape index (κ1) is 17.5. The maximum Gasteiger partial charge on any atom is 0.264 e. The van der Waals surface area contributed by atoms with Gasteiger partial charge in [-0.25, -0.2) is 0 Å². The lowest BCUT2D eigenvalue weighted by Crippen LogP contribution is -2.19. The van der Waals surface area contributed by atoms with Crippen molar-refractivity contribution in [2.24, 2.45) is 10.2 Å². The van der Waals surface area contributed by atoms with Crippen molar-refractivity contribution in [1.82, 2.24) is 5.32 Å². The molecule has 0 spiro atoms. The molecule has 0 aliphatic carbocycles. The molecule has 0 radical (unpaired) electrons. The van der Waals surface area contributed by atoms with Crippen molar-refractivity contribution in [3.05, 3.63) is 89.2 Å². The molecule has 4 aromatic rings. The third kappa shape index (κ3) is 3.46. The van der Waals surface area contributed by atoms with E-state index in [-0.39, 0.29) is 5.91 Å². The van der Waals surface area contributed by atoms with Crippen LogP contribution in [0.1, 0.15) is 11.3 Å². The average Bonchev–Trinajstić information content (AvgIpc) is 3.38. The van der Waals surface area contributed by atoms with E-state index in [0.717, 1.165) is 27.1 Å². The van der Waals surface area contributed by atoms with Crippen LogP contribution in [0.4, 0.5) is 0 Å². The molecule has 5 rings (SSSR count). The van der Waals surface area contributed by atoms with Crippen molar-refractivity contribution in [3.8, 4) is 0 Å². The molecule has 0 unspecified atom stereocenters. The Morgan fingerprint density at radius 2 is 1.66 bits per heavy atom. The van der Waals surface area contributed by atoms with Crippen LogP contribution >= 0.6 is 11.8 Å². The van der Waals surface area contributed by atoms with Gasteiger partial charge in [0.1, 0.15) is 5.76 Å². The number of hydrogen-bond acceptors (Lipinski definition) is 5. The normalized spacial score (nSPS) is 17.2. The van der Waals surface area contributed by atoms with E-state index < -0.39 is 0 Å². The second kappa shape index (κ2) is 7.41. The molecule has 0 saturated carbocycles. The second-order valence-corrected chi connectivity index (χ2v) is 7.49. The minimum Gasteiger partial charge on any atom is -0.463 e. The highest BCUT2D eigenvalue weighted by atomic mass is 32.2. The lowest BCUT2D eigenvalue weighted by molar-refractivity contribution is -0.115. The number of fused-ring (bicyclic) bond motifs is 2. The summed E-state index contributed by atoms with van der Waals surface area (Å²) in [7, 11) is 0. The van der Waals surface area contributed by atoms with Crippen molar-refractivity contribution in [1.29, 1.82) is 0 Å². The number of carbonyl (C=O) groups is 1. The summed E-state index contributed by atoms with van der Waals surface area (Å²) in [4.78, 5) is 13.1. The fourth-order valence-corrected chi connectivity index (χ4v) is 4.07. The Bertz CT molecular complexity index is 1270. The topological polar surface area (TPSA) is 67.0 Å². The highest BCUT2D eigenvalue weighted by Gasteiger charge is 2.24. The van der Waals surface area contributed by atoms with Crippen LogP contribution in [-0.2, 0) is 4.79 Å². The van der Waals surface area contributed by atoms with E-state index in [2.05, 4.69) is 45.9 Å². The van der Waals surface area contributed by atoms with Gasteiger partial charge in [-0.1, -0.05) is 48.5 Å². The number of rotatable bonds is 3. The van der Waals surface area contributed by atoms with Crippen molar-refractivity contribution in [2.75, 3.05) is 0 Å². The number of furan rings is 1. The van der Waals surface area contributed by atoms with Gasteiger partial charge in [-0.05, 0) is 63.1 Å². The molecule has 1 fully saturated rings. The molecule has 1 N–H and O–H groups in total. The fraction of sp³-hybridized carbons (Fsp3) is 0. The Kier molecular flexibility index (Phi) is 4.46. The summed E-state index contributed by atoms with van der Waals surface area (Å²) in [5.41, 5.74) is 1.02. The summed E-state index contributed by atoms with van der Waals surface area (Å²) >= 11 is 1.27. The van der Waals surface area contributed by atoms with E-state index in [1.807, 2.05) is 30.3 Å². The zero-order valence-corrected chi connectivity index (χ0v) is 16.0. The molecule has 1 aromatic heterocycles. The number of benzene rings is 3. The number of carbonyl (C=O) groups excluding carboxylic acids is 1. The van der Waals surface area contributed by atoms with Crippen LogP contribution in [0, 0.1) is 0 Å². The van der Waals surface area contributed by atoms with Gasteiger partial charge < -0.3 is 4.42 Å². The molecule has 1 aliphatic heterocycles. The van der Waals surface area contributed by atoms with Crippen molar-refractivity contribution in [2.45, 2.75) is 0 Å². The van der Waals surface area contributed by atoms with E-state index in [9.17, 15) is 4.79 Å². The van der Waals surface area contributed by atoms with E-state index >= 15 is 0 Å². The van der Waals surface area contributed by atoms with Gasteiger partial charge in [0.15, 0.2) is 5.17 Å². The number of nitrogens with one attached hydrogen (secondary N) is 1. The molecule has 2 heterocycles. The molecule has 6 heteroatoms. The average molecular weight is 397 g/mol. The Balaban J connectivity index is 1.54. The molecular formula is C23H15N3O2S. The van der Waals surface area contributed by atoms with Crippen LogP contribution in [0.2, 0.25) is 0 Å². The predicted molar refractivity (Wildman–Crippen MR) is 119 cm³/mol. The third-order valence-electron chi connectivity index (χ3n) is 4.62. The Morgan fingerprint density at radius 3 is 2.34 bits per heavy atom. The summed E-state index contributed by atoms with van der Waals surface area (Å²) in [6, 6.07) is 22.1. The quantitative estimate of drug-likeness (QED) is 0.224. The van der Waals surface area contributed by atoms with E-state index in [4.69, 9.17) is 4.42 Å². The predicted octanol–water partition coefficient (Wildman–Crippen LogP) is 5.18. The van der Waals surface area contributed by atoms with Crippen LogP contribution in [0.25, 0.3) is 27.6 Å². The summed E-state index contributed by atoms with van der Waals surface area (Å²) in [6.45, 7) is 0. The van der Waals surface area contributed by atoms with Gasteiger partial charge in [0.25, 0.3) is 5.91 Å². The first-order valence-electron chi connectivity index (χ1n) is 9.04. The first-order valence-corrected chi connectivity index (χ1v) is 9.85. The van der Waals surface area contributed by atoms with Gasteiger partial charge in [-0.2, -0.15) is 5.10 Å². The van der Waals surface area contributed by atoms with Gasteiger partial charge in [-0.15, -0.1) is 5.10 Å².